The Balaban J connectivity index is 2.04. The number of benzene rings is 1. The lowest BCUT2D eigenvalue weighted by Gasteiger charge is -2.15. The highest BCUT2D eigenvalue weighted by Crippen LogP contribution is 2.32. The molecular formula is C15H15ClF3N5O2S2. The van der Waals surface area contributed by atoms with Crippen LogP contribution in [0, 0.1) is 0 Å². The number of thiocarbonyl (C=S) groups is 1. The van der Waals surface area contributed by atoms with Crippen LogP contribution in [0.5, 0.6) is 0 Å². The molecule has 0 radical (unpaired) electrons. The number of aromatic nitrogens is 1. The van der Waals surface area contributed by atoms with Gasteiger partial charge in [-0.15, -0.1) is 0 Å². The average Bonchev–Trinajstić information content (AvgIpc) is 2.60. The zero-order valence-electron chi connectivity index (χ0n) is 14.5. The lowest BCUT2D eigenvalue weighted by Crippen LogP contribution is -2.34. The predicted octanol–water partition coefficient (Wildman–Crippen LogP) is 3.32. The highest BCUT2D eigenvalue weighted by atomic mass is 35.5. The Hall–Kier alpha value is -2.15. The van der Waals surface area contributed by atoms with Crippen LogP contribution in [-0.4, -0.2) is 36.9 Å². The molecule has 0 saturated carbocycles. The van der Waals surface area contributed by atoms with Crippen molar-refractivity contribution >= 4 is 50.5 Å². The first kappa shape index (κ1) is 22.1. The van der Waals surface area contributed by atoms with Gasteiger partial charge in [-0.2, -0.15) is 13.2 Å². The third-order valence-electron chi connectivity index (χ3n) is 3.33. The number of hydrazine groups is 1. The first-order chi connectivity index (χ1) is 12.9. The summed E-state index contributed by atoms with van der Waals surface area (Å²) in [5.41, 5.74) is 4.39. The molecule has 0 aliphatic carbocycles. The quantitative estimate of drug-likeness (QED) is 0.473. The van der Waals surface area contributed by atoms with Crippen LogP contribution >= 0.6 is 23.8 Å². The van der Waals surface area contributed by atoms with Crippen molar-refractivity contribution in [3.63, 3.8) is 0 Å². The molecule has 1 aromatic heterocycles. The van der Waals surface area contributed by atoms with Gasteiger partial charge >= 0.3 is 6.18 Å². The summed E-state index contributed by atoms with van der Waals surface area (Å²) in [6.07, 6.45) is -3.93. The van der Waals surface area contributed by atoms with E-state index in [1.807, 2.05) is 0 Å². The zero-order chi connectivity index (χ0) is 21.1. The van der Waals surface area contributed by atoms with E-state index in [2.05, 4.69) is 21.2 Å². The molecule has 28 heavy (non-hydrogen) atoms. The van der Waals surface area contributed by atoms with E-state index in [0.717, 1.165) is 10.4 Å². The van der Waals surface area contributed by atoms with E-state index in [9.17, 15) is 21.6 Å². The Labute approximate surface area is 169 Å². The monoisotopic (exact) mass is 453 g/mol. The van der Waals surface area contributed by atoms with Crippen LogP contribution < -0.4 is 16.2 Å². The van der Waals surface area contributed by atoms with Crippen molar-refractivity contribution in [1.82, 2.24) is 14.7 Å². The number of rotatable bonds is 5. The van der Waals surface area contributed by atoms with Gasteiger partial charge in [-0.3, -0.25) is 10.9 Å². The lowest BCUT2D eigenvalue weighted by atomic mass is 10.3. The molecule has 0 unspecified atom stereocenters. The van der Waals surface area contributed by atoms with Gasteiger partial charge in [0.05, 0.1) is 15.5 Å². The summed E-state index contributed by atoms with van der Waals surface area (Å²) in [6.45, 7) is 0. The number of hydrogen-bond donors (Lipinski definition) is 3. The van der Waals surface area contributed by atoms with E-state index in [-0.39, 0.29) is 20.8 Å². The highest BCUT2D eigenvalue weighted by Gasteiger charge is 2.31. The van der Waals surface area contributed by atoms with Gasteiger partial charge in [-0.05, 0) is 36.5 Å². The van der Waals surface area contributed by atoms with Gasteiger partial charge in [0, 0.05) is 26.0 Å². The van der Waals surface area contributed by atoms with E-state index >= 15 is 0 Å². The zero-order valence-corrected chi connectivity index (χ0v) is 16.9. The summed E-state index contributed by atoms with van der Waals surface area (Å²) < 4.78 is 63.2. The fraction of sp³-hybridized carbons (Fsp3) is 0.200. The first-order valence-corrected chi connectivity index (χ1v) is 9.72. The first-order valence-electron chi connectivity index (χ1n) is 7.49. The fourth-order valence-electron chi connectivity index (χ4n) is 1.91. The van der Waals surface area contributed by atoms with Crippen molar-refractivity contribution in [2.45, 2.75) is 11.1 Å². The Kier molecular flexibility index (Phi) is 6.70. The van der Waals surface area contributed by atoms with Gasteiger partial charge in [0.15, 0.2) is 10.9 Å². The number of nitrogens with zero attached hydrogens (tertiary/aromatic N) is 2. The number of nitrogens with one attached hydrogen (secondary N) is 3. The Bertz CT molecular complexity index is 984. The van der Waals surface area contributed by atoms with E-state index in [4.69, 9.17) is 23.8 Å². The molecule has 0 atom stereocenters. The molecule has 1 aromatic carbocycles. The topological polar surface area (TPSA) is 86.4 Å². The van der Waals surface area contributed by atoms with Gasteiger partial charge < -0.3 is 5.32 Å². The maximum atomic E-state index is 12.6. The molecular weight excluding hydrogens is 439 g/mol. The maximum Gasteiger partial charge on any atom is 0.417 e. The molecule has 7 nitrogen and oxygen atoms in total. The van der Waals surface area contributed by atoms with E-state index in [1.54, 1.807) is 6.07 Å². The van der Waals surface area contributed by atoms with Crippen LogP contribution in [0.1, 0.15) is 5.56 Å². The summed E-state index contributed by atoms with van der Waals surface area (Å²) >= 11 is 10.8. The van der Waals surface area contributed by atoms with Crippen LogP contribution in [0.15, 0.2) is 41.4 Å². The standard InChI is InChI=1S/C15H15ClF3N5O2S2/c1-24(2)28(25,26)11-5-3-4-10(7-11)21-14(27)23-22-13-12(16)6-9(8-20-13)15(17,18)19/h3-8H,1-2H3,(H,20,22)(H2,21,23,27). The predicted molar refractivity (Wildman–Crippen MR) is 105 cm³/mol. The van der Waals surface area contributed by atoms with Gasteiger partial charge in [0.25, 0.3) is 0 Å². The van der Waals surface area contributed by atoms with Crippen LogP contribution in [0.25, 0.3) is 0 Å². The molecule has 0 saturated heterocycles. The number of alkyl halides is 3. The van der Waals surface area contributed by atoms with Gasteiger partial charge in [-0.1, -0.05) is 17.7 Å². The number of anilines is 2. The van der Waals surface area contributed by atoms with E-state index in [1.165, 1.54) is 32.3 Å². The van der Waals surface area contributed by atoms with Crippen molar-refractivity contribution < 1.29 is 21.6 Å². The minimum Gasteiger partial charge on any atom is -0.331 e. The molecule has 152 valence electrons. The molecule has 0 fully saturated rings. The molecule has 13 heteroatoms. The molecule has 0 aliphatic heterocycles. The Morgan fingerprint density at radius 3 is 2.50 bits per heavy atom. The van der Waals surface area contributed by atoms with Crippen molar-refractivity contribution in [2.75, 3.05) is 24.8 Å². The summed E-state index contributed by atoms with van der Waals surface area (Å²) in [6, 6.07) is 6.66. The SMILES string of the molecule is CN(C)S(=O)(=O)c1cccc(NC(=S)NNc2ncc(C(F)(F)F)cc2Cl)c1. The second-order valence-electron chi connectivity index (χ2n) is 5.57. The average molecular weight is 454 g/mol. The molecule has 1 heterocycles. The fourth-order valence-corrected chi connectivity index (χ4v) is 3.24. The van der Waals surface area contributed by atoms with Crippen LogP contribution in [0.4, 0.5) is 24.7 Å². The summed E-state index contributed by atoms with van der Waals surface area (Å²) in [5, 5.41) is 2.49. The lowest BCUT2D eigenvalue weighted by molar-refractivity contribution is -0.137. The third kappa shape index (κ3) is 5.44. The van der Waals surface area contributed by atoms with Crippen LogP contribution in [0.2, 0.25) is 5.02 Å². The molecule has 0 spiro atoms. The minimum atomic E-state index is -4.56. The van der Waals surface area contributed by atoms with Crippen LogP contribution in [-0.2, 0) is 16.2 Å². The van der Waals surface area contributed by atoms with E-state index < -0.39 is 21.8 Å². The van der Waals surface area contributed by atoms with Crippen molar-refractivity contribution in [2.24, 2.45) is 0 Å². The second kappa shape index (κ2) is 8.47. The van der Waals surface area contributed by atoms with Gasteiger partial charge in [0.2, 0.25) is 10.0 Å². The molecule has 3 N–H and O–H groups in total. The summed E-state index contributed by atoms with van der Waals surface area (Å²) in [5.74, 6) is -0.0669. The molecule has 0 aliphatic rings. The normalized spacial score (nSPS) is 12.0. The number of pyridine rings is 1. The van der Waals surface area contributed by atoms with Crippen molar-refractivity contribution in [3.05, 3.63) is 47.1 Å². The number of sulfonamides is 1. The Morgan fingerprint density at radius 1 is 1.25 bits per heavy atom. The summed E-state index contributed by atoms with van der Waals surface area (Å²) in [4.78, 5) is 3.65. The molecule has 0 amide bonds. The molecule has 2 aromatic rings. The smallest absolute Gasteiger partial charge is 0.331 e. The highest BCUT2D eigenvalue weighted by molar-refractivity contribution is 7.89. The molecule has 0 bridgehead atoms. The second-order valence-corrected chi connectivity index (χ2v) is 8.54. The summed E-state index contributed by atoms with van der Waals surface area (Å²) in [7, 11) is -0.799. The number of halogens is 4. The third-order valence-corrected chi connectivity index (χ3v) is 5.64. The maximum absolute atomic E-state index is 12.6. The minimum absolute atomic E-state index is 0.0113. The number of hydrogen-bond acceptors (Lipinski definition) is 5. The Morgan fingerprint density at radius 2 is 1.93 bits per heavy atom. The van der Waals surface area contributed by atoms with Crippen LogP contribution in [0.3, 0.4) is 0 Å². The van der Waals surface area contributed by atoms with E-state index in [0.29, 0.717) is 11.9 Å². The van der Waals surface area contributed by atoms with Gasteiger partial charge in [-0.25, -0.2) is 17.7 Å². The molecule has 2 rings (SSSR count). The largest absolute Gasteiger partial charge is 0.417 e. The van der Waals surface area contributed by atoms with Gasteiger partial charge in [0.1, 0.15) is 0 Å². The van der Waals surface area contributed by atoms with Crippen molar-refractivity contribution in [1.29, 1.82) is 0 Å². The van der Waals surface area contributed by atoms with Crippen molar-refractivity contribution in [3.8, 4) is 0 Å².